The third-order valence-corrected chi connectivity index (χ3v) is 3.49. The summed E-state index contributed by atoms with van der Waals surface area (Å²) in [7, 11) is 0. The number of aryl methyl sites for hydroxylation is 1. The van der Waals surface area contributed by atoms with Gasteiger partial charge in [-0.2, -0.15) is 0 Å². The second-order valence-corrected chi connectivity index (χ2v) is 5.20. The number of carbonyl (C=O) groups excluding carboxylic acids is 1. The molecule has 0 saturated carbocycles. The van der Waals surface area contributed by atoms with Gasteiger partial charge in [0.25, 0.3) is 5.91 Å². The first kappa shape index (κ1) is 13.6. The van der Waals surface area contributed by atoms with E-state index in [1.807, 2.05) is 49.4 Å². The molecule has 2 aromatic carbocycles. The van der Waals surface area contributed by atoms with Gasteiger partial charge in [0.15, 0.2) is 0 Å². The monoisotopic (exact) mass is 296 g/mol. The van der Waals surface area contributed by atoms with Gasteiger partial charge in [0, 0.05) is 22.3 Å². The van der Waals surface area contributed by atoms with E-state index in [9.17, 15) is 4.79 Å². The molecule has 104 valence electrons. The Kier molecular flexibility index (Phi) is 3.59. The topological polar surface area (TPSA) is 42.0 Å². The van der Waals surface area contributed by atoms with Crippen molar-refractivity contribution in [3.63, 3.8) is 0 Å². The van der Waals surface area contributed by atoms with Crippen LogP contribution in [0.25, 0.3) is 10.9 Å². The van der Waals surface area contributed by atoms with Gasteiger partial charge in [-0.3, -0.25) is 9.78 Å². The number of nitrogens with zero attached hydrogens (tertiary/aromatic N) is 1. The molecule has 0 radical (unpaired) electrons. The zero-order valence-corrected chi connectivity index (χ0v) is 12.2. The van der Waals surface area contributed by atoms with E-state index < -0.39 is 0 Å². The molecule has 0 atom stereocenters. The number of benzene rings is 2. The quantitative estimate of drug-likeness (QED) is 0.759. The average Bonchev–Trinajstić information content (AvgIpc) is 2.48. The summed E-state index contributed by atoms with van der Waals surface area (Å²) in [5.74, 6) is -0.147. The number of pyridine rings is 1. The van der Waals surface area contributed by atoms with E-state index in [0.29, 0.717) is 16.3 Å². The first-order valence-corrected chi connectivity index (χ1v) is 6.94. The Labute approximate surface area is 127 Å². The van der Waals surface area contributed by atoms with Crippen molar-refractivity contribution in [3.8, 4) is 0 Å². The summed E-state index contributed by atoms with van der Waals surface area (Å²) in [6.45, 7) is 1.90. The molecule has 1 heterocycles. The molecule has 0 fully saturated rings. The first-order chi connectivity index (χ1) is 10.1. The fourth-order valence-corrected chi connectivity index (χ4v) is 2.49. The lowest BCUT2D eigenvalue weighted by Gasteiger charge is -2.08. The molecule has 1 aromatic heterocycles. The van der Waals surface area contributed by atoms with Crippen molar-refractivity contribution in [1.82, 2.24) is 4.98 Å². The van der Waals surface area contributed by atoms with Crippen molar-refractivity contribution < 1.29 is 4.79 Å². The molecule has 0 bridgehead atoms. The number of halogens is 1. The van der Waals surface area contributed by atoms with E-state index in [-0.39, 0.29) is 5.91 Å². The van der Waals surface area contributed by atoms with E-state index in [4.69, 9.17) is 11.6 Å². The van der Waals surface area contributed by atoms with Crippen LogP contribution >= 0.6 is 11.6 Å². The standard InChI is InChI=1S/C17H13ClN2O/c1-11-9-15(18)14-10-13(7-8-16(14)19-11)20-17(21)12-5-3-2-4-6-12/h2-10H,1H3,(H,20,21). The van der Waals surface area contributed by atoms with Gasteiger partial charge in [0.05, 0.1) is 10.5 Å². The summed E-state index contributed by atoms with van der Waals surface area (Å²) in [4.78, 5) is 16.5. The second kappa shape index (κ2) is 5.54. The number of nitrogens with one attached hydrogen (secondary N) is 1. The Balaban J connectivity index is 1.93. The second-order valence-electron chi connectivity index (χ2n) is 4.80. The van der Waals surface area contributed by atoms with Crippen LogP contribution < -0.4 is 5.32 Å². The molecule has 0 aliphatic carbocycles. The van der Waals surface area contributed by atoms with E-state index in [1.165, 1.54) is 0 Å². The summed E-state index contributed by atoms with van der Waals surface area (Å²) in [5.41, 5.74) is 3.00. The minimum absolute atomic E-state index is 0.147. The molecular weight excluding hydrogens is 284 g/mol. The van der Waals surface area contributed by atoms with Gasteiger partial charge in [0.2, 0.25) is 0 Å². The van der Waals surface area contributed by atoms with Crippen LogP contribution in [0.4, 0.5) is 5.69 Å². The SMILES string of the molecule is Cc1cc(Cl)c2cc(NC(=O)c3ccccc3)ccc2n1. The molecule has 0 spiro atoms. The van der Waals surface area contributed by atoms with Gasteiger partial charge in [-0.15, -0.1) is 0 Å². The van der Waals surface area contributed by atoms with Gasteiger partial charge in [-0.05, 0) is 43.3 Å². The van der Waals surface area contributed by atoms with Crippen LogP contribution in [0.3, 0.4) is 0 Å². The summed E-state index contributed by atoms with van der Waals surface area (Å²) >= 11 is 6.24. The van der Waals surface area contributed by atoms with E-state index in [2.05, 4.69) is 10.3 Å². The number of aromatic nitrogens is 1. The summed E-state index contributed by atoms with van der Waals surface area (Å²) in [6, 6.07) is 16.4. The minimum atomic E-state index is -0.147. The van der Waals surface area contributed by atoms with Crippen LogP contribution in [0.2, 0.25) is 5.02 Å². The number of fused-ring (bicyclic) bond motifs is 1. The zero-order valence-electron chi connectivity index (χ0n) is 11.4. The molecule has 1 amide bonds. The highest BCUT2D eigenvalue weighted by atomic mass is 35.5. The zero-order chi connectivity index (χ0) is 14.8. The molecular formula is C17H13ClN2O. The third-order valence-electron chi connectivity index (χ3n) is 3.18. The molecule has 4 heteroatoms. The van der Waals surface area contributed by atoms with E-state index >= 15 is 0 Å². The van der Waals surface area contributed by atoms with Crippen LogP contribution in [-0.2, 0) is 0 Å². The van der Waals surface area contributed by atoms with Crippen LogP contribution in [0, 0.1) is 6.92 Å². The lowest BCUT2D eigenvalue weighted by molar-refractivity contribution is 0.102. The molecule has 3 rings (SSSR count). The molecule has 0 unspecified atom stereocenters. The lowest BCUT2D eigenvalue weighted by Crippen LogP contribution is -2.11. The van der Waals surface area contributed by atoms with Crippen molar-refractivity contribution in [1.29, 1.82) is 0 Å². The highest BCUT2D eigenvalue weighted by Gasteiger charge is 2.07. The van der Waals surface area contributed by atoms with Crippen LogP contribution in [0.15, 0.2) is 54.6 Å². The molecule has 0 saturated heterocycles. The first-order valence-electron chi connectivity index (χ1n) is 6.57. The van der Waals surface area contributed by atoms with E-state index in [0.717, 1.165) is 16.6 Å². The van der Waals surface area contributed by atoms with Gasteiger partial charge in [-0.1, -0.05) is 29.8 Å². The number of rotatable bonds is 2. The summed E-state index contributed by atoms with van der Waals surface area (Å²) in [6.07, 6.45) is 0. The highest BCUT2D eigenvalue weighted by Crippen LogP contribution is 2.26. The molecule has 0 aliphatic rings. The fourth-order valence-electron chi connectivity index (χ4n) is 2.18. The molecule has 3 aromatic rings. The fraction of sp³-hybridized carbons (Fsp3) is 0.0588. The van der Waals surface area contributed by atoms with Gasteiger partial charge < -0.3 is 5.32 Å². The Bertz CT molecular complexity index is 816. The molecule has 21 heavy (non-hydrogen) atoms. The highest BCUT2D eigenvalue weighted by molar-refractivity contribution is 6.35. The Morgan fingerprint density at radius 3 is 2.62 bits per heavy atom. The molecule has 0 aliphatic heterocycles. The van der Waals surface area contributed by atoms with Crippen LogP contribution in [0.5, 0.6) is 0 Å². The van der Waals surface area contributed by atoms with Crippen LogP contribution in [-0.4, -0.2) is 10.9 Å². The summed E-state index contributed by atoms with van der Waals surface area (Å²) < 4.78 is 0. The Morgan fingerprint density at radius 1 is 1.10 bits per heavy atom. The number of anilines is 1. The predicted octanol–water partition coefficient (Wildman–Crippen LogP) is 4.45. The maximum absolute atomic E-state index is 12.1. The van der Waals surface area contributed by atoms with Crippen molar-refractivity contribution in [3.05, 3.63) is 70.9 Å². The Morgan fingerprint density at radius 2 is 1.86 bits per heavy atom. The van der Waals surface area contributed by atoms with Gasteiger partial charge in [-0.25, -0.2) is 0 Å². The number of amides is 1. The average molecular weight is 297 g/mol. The van der Waals surface area contributed by atoms with Crippen molar-refractivity contribution >= 4 is 34.1 Å². The number of hydrogen-bond acceptors (Lipinski definition) is 2. The van der Waals surface area contributed by atoms with Gasteiger partial charge >= 0.3 is 0 Å². The van der Waals surface area contributed by atoms with Crippen molar-refractivity contribution in [2.45, 2.75) is 6.92 Å². The smallest absolute Gasteiger partial charge is 0.255 e. The lowest BCUT2D eigenvalue weighted by atomic mass is 10.1. The predicted molar refractivity (Wildman–Crippen MR) is 85.9 cm³/mol. The van der Waals surface area contributed by atoms with E-state index in [1.54, 1.807) is 12.1 Å². The summed E-state index contributed by atoms with van der Waals surface area (Å²) in [5, 5.41) is 4.33. The van der Waals surface area contributed by atoms with Crippen molar-refractivity contribution in [2.75, 3.05) is 5.32 Å². The minimum Gasteiger partial charge on any atom is -0.322 e. The third kappa shape index (κ3) is 2.88. The number of carbonyl (C=O) groups is 1. The molecule has 1 N–H and O–H groups in total. The largest absolute Gasteiger partial charge is 0.322 e. The van der Waals surface area contributed by atoms with Crippen molar-refractivity contribution in [2.24, 2.45) is 0 Å². The maximum atomic E-state index is 12.1. The normalized spacial score (nSPS) is 10.6. The van der Waals surface area contributed by atoms with Crippen LogP contribution in [0.1, 0.15) is 16.1 Å². The Hall–Kier alpha value is -2.39. The molecule has 3 nitrogen and oxygen atoms in total. The number of hydrogen-bond donors (Lipinski definition) is 1. The van der Waals surface area contributed by atoms with Gasteiger partial charge in [0.1, 0.15) is 0 Å². The maximum Gasteiger partial charge on any atom is 0.255 e.